The van der Waals surface area contributed by atoms with Crippen LogP contribution in [-0.2, 0) is 15.1 Å². The molecule has 3 nitrogen and oxygen atoms in total. The van der Waals surface area contributed by atoms with Gasteiger partial charge in [0.05, 0.1) is 6.54 Å². The zero-order valence-corrected chi connectivity index (χ0v) is 13.6. The van der Waals surface area contributed by atoms with E-state index in [0.717, 1.165) is 12.0 Å². The first kappa shape index (κ1) is 17.4. The monoisotopic (exact) mass is 317 g/mol. The van der Waals surface area contributed by atoms with E-state index < -0.39 is 5.54 Å². The van der Waals surface area contributed by atoms with E-state index in [1.165, 1.54) is 0 Å². The molecule has 0 aliphatic heterocycles. The highest BCUT2D eigenvalue weighted by atomic mass is 35.5. The van der Waals surface area contributed by atoms with E-state index in [2.05, 4.69) is 5.32 Å². The van der Waals surface area contributed by atoms with Crippen molar-refractivity contribution >= 4 is 29.0 Å². The van der Waals surface area contributed by atoms with Crippen molar-refractivity contribution in [1.29, 1.82) is 0 Å². The quantitative estimate of drug-likeness (QED) is 0.741. The summed E-state index contributed by atoms with van der Waals surface area (Å²) < 4.78 is 5.22. The first-order valence-electron chi connectivity index (χ1n) is 6.66. The Morgan fingerprint density at radius 2 is 1.85 bits per heavy atom. The van der Waals surface area contributed by atoms with Crippen molar-refractivity contribution in [3.8, 4) is 0 Å². The van der Waals surface area contributed by atoms with Crippen LogP contribution in [0.4, 0.5) is 0 Å². The largest absolute Gasteiger partial charge is 0.374 e. The van der Waals surface area contributed by atoms with Gasteiger partial charge in [-0.3, -0.25) is 4.79 Å². The molecule has 0 aliphatic carbocycles. The SMILES string of the molecule is CCCOCC(=O)CNC(C)(C)c1cc(Cl)cc(Cl)c1. The molecule has 1 aromatic rings. The minimum Gasteiger partial charge on any atom is -0.374 e. The summed E-state index contributed by atoms with van der Waals surface area (Å²) in [5.41, 5.74) is 0.548. The fourth-order valence-corrected chi connectivity index (χ4v) is 2.24. The van der Waals surface area contributed by atoms with Crippen LogP contribution in [0.2, 0.25) is 10.0 Å². The van der Waals surface area contributed by atoms with Crippen molar-refractivity contribution in [2.45, 2.75) is 32.7 Å². The zero-order chi connectivity index (χ0) is 15.2. The number of hydrogen-bond donors (Lipinski definition) is 1. The molecule has 0 saturated heterocycles. The van der Waals surface area contributed by atoms with Gasteiger partial charge in [0.15, 0.2) is 5.78 Å². The first-order valence-corrected chi connectivity index (χ1v) is 7.42. The van der Waals surface area contributed by atoms with Gasteiger partial charge in [0.1, 0.15) is 6.61 Å². The fourth-order valence-electron chi connectivity index (χ4n) is 1.72. The van der Waals surface area contributed by atoms with Gasteiger partial charge in [0, 0.05) is 22.2 Å². The van der Waals surface area contributed by atoms with Crippen LogP contribution in [0.25, 0.3) is 0 Å². The van der Waals surface area contributed by atoms with Crippen LogP contribution in [0.5, 0.6) is 0 Å². The summed E-state index contributed by atoms with van der Waals surface area (Å²) in [6.45, 7) is 6.98. The molecular weight excluding hydrogens is 297 g/mol. The average molecular weight is 318 g/mol. The lowest BCUT2D eigenvalue weighted by molar-refractivity contribution is -0.123. The Bertz CT molecular complexity index is 441. The molecule has 0 amide bonds. The summed E-state index contributed by atoms with van der Waals surface area (Å²) in [5.74, 6) is 0.0275. The molecule has 0 aliphatic rings. The van der Waals surface area contributed by atoms with E-state index in [4.69, 9.17) is 27.9 Å². The Kier molecular flexibility index (Phi) is 6.96. The summed E-state index contributed by atoms with van der Waals surface area (Å²) in [4.78, 5) is 11.7. The highest BCUT2D eigenvalue weighted by Crippen LogP contribution is 2.27. The van der Waals surface area contributed by atoms with E-state index in [9.17, 15) is 4.79 Å². The van der Waals surface area contributed by atoms with E-state index in [1.807, 2.05) is 32.9 Å². The second-order valence-electron chi connectivity index (χ2n) is 5.23. The van der Waals surface area contributed by atoms with Gasteiger partial charge >= 0.3 is 0 Å². The number of halogens is 2. The lowest BCUT2D eigenvalue weighted by atomic mass is 9.94. The maximum absolute atomic E-state index is 11.7. The molecule has 0 spiro atoms. The molecule has 0 heterocycles. The maximum Gasteiger partial charge on any atom is 0.172 e. The van der Waals surface area contributed by atoms with Gasteiger partial charge in [-0.2, -0.15) is 0 Å². The van der Waals surface area contributed by atoms with Crippen LogP contribution in [0, 0.1) is 0 Å². The summed E-state index contributed by atoms with van der Waals surface area (Å²) in [7, 11) is 0. The molecule has 1 aromatic carbocycles. The predicted octanol–water partition coefficient (Wildman–Crippen LogP) is 3.81. The number of carbonyl (C=O) groups excluding carboxylic acids is 1. The van der Waals surface area contributed by atoms with Crippen LogP contribution >= 0.6 is 23.2 Å². The van der Waals surface area contributed by atoms with Gasteiger partial charge in [0.2, 0.25) is 0 Å². The number of hydrogen-bond acceptors (Lipinski definition) is 3. The molecule has 1 rings (SSSR count). The van der Waals surface area contributed by atoms with Gasteiger partial charge in [-0.1, -0.05) is 30.1 Å². The number of rotatable bonds is 8. The number of nitrogens with one attached hydrogen (secondary N) is 1. The Hall–Kier alpha value is -0.610. The molecular formula is C15H21Cl2NO2. The normalized spacial score (nSPS) is 11.7. The molecule has 112 valence electrons. The molecule has 0 radical (unpaired) electrons. The van der Waals surface area contributed by atoms with Crippen LogP contribution in [-0.4, -0.2) is 25.5 Å². The summed E-state index contributed by atoms with van der Waals surface area (Å²) in [6, 6.07) is 5.38. The van der Waals surface area contributed by atoms with Crippen molar-refractivity contribution in [2.75, 3.05) is 19.8 Å². The lowest BCUT2D eigenvalue weighted by Crippen LogP contribution is -2.40. The second-order valence-corrected chi connectivity index (χ2v) is 6.10. The number of ether oxygens (including phenoxy) is 1. The number of ketones is 1. The molecule has 0 saturated carbocycles. The summed E-state index contributed by atoms with van der Waals surface area (Å²) in [6.07, 6.45) is 0.910. The van der Waals surface area contributed by atoms with Gasteiger partial charge in [-0.05, 0) is 44.0 Å². The lowest BCUT2D eigenvalue weighted by Gasteiger charge is -2.27. The maximum atomic E-state index is 11.7. The van der Waals surface area contributed by atoms with Crippen molar-refractivity contribution in [3.63, 3.8) is 0 Å². The molecule has 20 heavy (non-hydrogen) atoms. The van der Waals surface area contributed by atoms with E-state index in [1.54, 1.807) is 6.07 Å². The van der Waals surface area contributed by atoms with Crippen LogP contribution in [0.15, 0.2) is 18.2 Å². The molecule has 1 N–H and O–H groups in total. The van der Waals surface area contributed by atoms with Crippen molar-refractivity contribution < 1.29 is 9.53 Å². The number of Topliss-reactive ketones (excluding diaryl/α,β-unsaturated/α-hetero) is 1. The molecule has 0 atom stereocenters. The third-order valence-electron chi connectivity index (χ3n) is 2.92. The minimum atomic E-state index is -0.394. The van der Waals surface area contributed by atoms with Crippen LogP contribution in [0.3, 0.4) is 0 Å². The number of carbonyl (C=O) groups is 1. The third-order valence-corrected chi connectivity index (χ3v) is 3.36. The Morgan fingerprint density at radius 3 is 2.40 bits per heavy atom. The summed E-state index contributed by atoms with van der Waals surface area (Å²) in [5, 5.41) is 4.38. The van der Waals surface area contributed by atoms with Crippen molar-refractivity contribution in [2.24, 2.45) is 0 Å². The predicted molar refractivity (Wildman–Crippen MR) is 83.6 cm³/mol. The average Bonchev–Trinajstić information content (AvgIpc) is 2.36. The molecule has 0 bridgehead atoms. The van der Waals surface area contributed by atoms with Gasteiger partial charge < -0.3 is 10.1 Å². The Labute approximate surface area is 130 Å². The molecule has 5 heteroatoms. The van der Waals surface area contributed by atoms with Gasteiger partial charge in [-0.25, -0.2) is 0 Å². The van der Waals surface area contributed by atoms with E-state index in [-0.39, 0.29) is 18.9 Å². The van der Waals surface area contributed by atoms with Gasteiger partial charge in [0.25, 0.3) is 0 Å². The van der Waals surface area contributed by atoms with Gasteiger partial charge in [-0.15, -0.1) is 0 Å². The Morgan fingerprint density at radius 1 is 1.25 bits per heavy atom. The second kappa shape index (κ2) is 7.99. The molecule has 0 aromatic heterocycles. The third kappa shape index (κ3) is 5.80. The minimum absolute atomic E-state index is 0.0275. The standard InChI is InChI=1S/C15H21Cl2NO2/c1-4-5-20-10-14(19)9-18-15(2,3)11-6-12(16)8-13(17)7-11/h6-8,18H,4-5,9-10H2,1-3H3. The van der Waals surface area contributed by atoms with Crippen molar-refractivity contribution in [1.82, 2.24) is 5.32 Å². The highest BCUT2D eigenvalue weighted by Gasteiger charge is 2.21. The first-order chi connectivity index (χ1) is 9.35. The zero-order valence-electron chi connectivity index (χ0n) is 12.1. The molecule has 0 unspecified atom stereocenters. The molecule has 0 fully saturated rings. The summed E-state index contributed by atoms with van der Waals surface area (Å²) >= 11 is 12.0. The van der Waals surface area contributed by atoms with E-state index >= 15 is 0 Å². The van der Waals surface area contributed by atoms with Crippen molar-refractivity contribution in [3.05, 3.63) is 33.8 Å². The Balaban J connectivity index is 2.58. The smallest absolute Gasteiger partial charge is 0.172 e. The topological polar surface area (TPSA) is 38.3 Å². The highest BCUT2D eigenvalue weighted by molar-refractivity contribution is 6.34. The fraction of sp³-hybridized carbons (Fsp3) is 0.533. The number of benzene rings is 1. The van der Waals surface area contributed by atoms with E-state index in [0.29, 0.717) is 16.7 Å². The van der Waals surface area contributed by atoms with Crippen LogP contribution in [0.1, 0.15) is 32.8 Å². The van der Waals surface area contributed by atoms with Crippen LogP contribution < -0.4 is 5.32 Å².